The lowest BCUT2D eigenvalue weighted by Crippen LogP contribution is -2.56. The first-order valence-electron chi connectivity index (χ1n) is 10.2. The van der Waals surface area contributed by atoms with Crippen LogP contribution in [0, 0.1) is 6.92 Å². The van der Waals surface area contributed by atoms with E-state index in [1.807, 2.05) is 17.7 Å². The summed E-state index contributed by atoms with van der Waals surface area (Å²) in [5.74, 6) is 0.235. The van der Waals surface area contributed by atoms with Crippen molar-refractivity contribution in [2.75, 3.05) is 19.6 Å². The molecule has 10 heteroatoms. The summed E-state index contributed by atoms with van der Waals surface area (Å²) in [5, 5.41) is 5.49. The van der Waals surface area contributed by atoms with Gasteiger partial charge in [-0.25, -0.2) is 4.98 Å². The summed E-state index contributed by atoms with van der Waals surface area (Å²) in [6, 6.07) is 4.50. The molecule has 1 atom stereocenters. The van der Waals surface area contributed by atoms with Gasteiger partial charge in [-0.05, 0) is 25.0 Å². The summed E-state index contributed by atoms with van der Waals surface area (Å²) < 4.78 is 41.9. The number of nitrogens with zero attached hydrogens (tertiary/aromatic N) is 3. The normalized spacial score (nSPS) is 17.4. The summed E-state index contributed by atoms with van der Waals surface area (Å²) in [5.41, 5.74) is -0.634. The van der Waals surface area contributed by atoms with Crippen LogP contribution in [0.15, 0.2) is 36.7 Å². The first-order chi connectivity index (χ1) is 14.8. The van der Waals surface area contributed by atoms with Crippen LogP contribution in [0.3, 0.4) is 0 Å². The van der Waals surface area contributed by atoms with E-state index in [4.69, 9.17) is 0 Å². The number of rotatable bonds is 8. The smallest absolute Gasteiger partial charge is 0.356 e. The van der Waals surface area contributed by atoms with Crippen LogP contribution in [0.5, 0.6) is 0 Å². The lowest BCUT2D eigenvalue weighted by atomic mass is 10.0. The van der Waals surface area contributed by atoms with Gasteiger partial charge in [-0.15, -0.1) is 0 Å². The molecule has 2 N–H and O–H groups in total. The van der Waals surface area contributed by atoms with Crippen LogP contribution in [0.1, 0.15) is 29.8 Å². The average molecular weight is 437 g/mol. The molecule has 0 spiro atoms. The summed E-state index contributed by atoms with van der Waals surface area (Å²) in [6.45, 7) is 3.68. The molecule has 0 aliphatic carbocycles. The first-order valence-corrected chi connectivity index (χ1v) is 10.2. The van der Waals surface area contributed by atoms with E-state index in [0.29, 0.717) is 32.6 Å². The monoisotopic (exact) mass is 437 g/mol. The Hall–Kier alpha value is -2.88. The van der Waals surface area contributed by atoms with E-state index in [1.54, 1.807) is 11.1 Å². The Kier molecular flexibility index (Phi) is 7.32. The molecule has 2 amide bonds. The maximum atomic E-state index is 13.3. The Morgan fingerprint density at radius 2 is 2.10 bits per heavy atom. The third kappa shape index (κ3) is 6.06. The standard InChI is InChI=1S/C21H26F3N5O2/c1-15-25-8-11-28(15)10-4-7-26-19(30)13-18-20(31)27-9-12-29(18)14-16-5-2-3-6-17(16)21(22,23)24/h2-3,5-6,8,11,18H,4,7,9-10,12-14H2,1H3,(H,26,30)(H,27,31)/t18-/m0/s1. The van der Waals surface area contributed by atoms with Gasteiger partial charge in [-0.1, -0.05) is 18.2 Å². The molecule has 0 unspecified atom stereocenters. The number of hydrogen-bond acceptors (Lipinski definition) is 4. The average Bonchev–Trinajstić information content (AvgIpc) is 3.12. The van der Waals surface area contributed by atoms with Crippen LogP contribution in [0.4, 0.5) is 13.2 Å². The predicted molar refractivity (Wildman–Crippen MR) is 108 cm³/mol. The van der Waals surface area contributed by atoms with E-state index >= 15 is 0 Å². The fraction of sp³-hybridized carbons (Fsp3) is 0.476. The van der Waals surface area contributed by atoms with Crippen LogP contribution in [0.2, 0.25) is 0 Å². The molecule has 3 rings (SSSR count). The van der Waals surface area contributed by atoms with Gasteiger partial charge < -0.3 is 15.2 Å². The molecule has 0 radical (unpaired) electrons. The van der Waals surface area contributed by atoms with E-state index in [1.165, 1.54) is 18.2 Å². The van der Waals surface area contributed by atoms with Crippen molar-refractivity contribution < 1.29 is 22.8 Å². The van der Waals surface area contributed by atoms with Crippen molar-refractivity contribution in [3.05, 3.63) is 53.6 Å². The summed E-state index contributed by atoms with van der Waals surface area (Å²) in [4.78, 5) is 30.5. The Balaban J connectivity index is 1.57. The number of hydrogen-bond donors (Lipinski definition) is 2. The predicted octanol–water partition coefficient (Wildman–Crippen LogP) is 2.11. The number of benzene rings is 1. The van der Waals surface area contributed by atoms with Crippen molar-refractivity contribution in [3.8, 4) is 0 Å². The molecule has 1 aliphatic rings. The molecule has 0 saturated carbocycles. The minimum absolute atomic E-state index is 0.0546. The minimum atomic E-state index is -4.48. The first kappa shape index (κ1) is 22.8. The molecule has 1 aliphatic heterocycles. The Morgan fingerprint density at radius 3 is 2.81 bits per heavy atom. The fourth-order valence-electron chi connectivity index (χ4n) is 3.69. The van der Waals surface area contributed by atoms with Crippen molar-refractivity contribution in [2.45, 2.75) is 45.1 Å². The van der Waals surface area contributed by atoms with Gasteiger partial charge in [0.05, 0.1) is 18.0 Å². The zero-order chi connectivity index (χ0) is 22.4. The van der Waals surface area contributed by atoms with E-state index in [9.17, 15) is 22.8 Å². The molecule has 0 bridgehead atoms. The van der Waals surface area contributed by atoms with E-state index in [2.05, 4.69) is 15.6 Å². The number of carbonyl (C=O) groups excluding carboxylic acids is 2. The quantitative estimate of drug-likeness (QED) is 0.620. The van der Waals surface area contributed by atoms with Gasteiger partial charge >= 0.3 is 6.18 Å². The highest BCUT2D eigenvalue weighted by Crippen LogP contribution is 2.32. The van der Waals surface area contributed by atoms with Crippen LogP contribution in [0.25, 0.3) is 0 Å². The second kappa shape index (κ2) is 9.95. The van der Waals surface area contributed by atoms with Crippen LogP contribution in [-0.2, 0) is 28.9 Å². The second-order valence-electron chi connectivity index (χ2n) is 7.51. The SMILES string of the molecule is Cc1nccn1CCCNC(=O)C[C@H]1C(=O)NCCN1Cc1ccccc1C(F)(F)F. The van der Waals surface area contributed by atoms with Gasteiger partial charge in [0.25, 0.3) is 0 Å². The fourth-order valence-corrected chi connectivity index (χ4v) is 3.69. The molecular weight excluding hydrogens is 411 g/mol. The highest BCUT2D eigenvalue weighted by atomic mass is 19.4. The molecule has 168 valence electrons. The number of imidazole rings is 1. The highest BCUT2D eigenvalue weighted by molar-refractivity contribution is 5.88. The molecule has 31 heavy (non-hydrogen) atoms. The molecule has 1 aromatic heterocycles. The molecular formula is C21H26F3N5O2. The number of carbonyl (C=O) groups is 2. The van der Waals surface area contributed by atoms with Gasteiger partial charge in [0.15, 0.2) is 0 Å². The van der Waals surface area contributed by atoms with E-state index in [0.717, 1.165) is 11.9 Å². The van der Waals surface area contributed by atoms with Crippen molar-refractivity contribution in [1.29, 1.82) is 0 Å². The van der Waals surface area contributed by atoms with Gasteiger partial charge in [0.2, 0.25) is 11.8 Å². The molecule has 1 aromatic carbocycles. The van der Waals surface area contributed by atoms with Crippen molar-refractivity contribution in [3.63, 3.8) is 0 Å². The van der Waals surface area contributed by atoms with Gasteiger partial charge in [0.1, 0.15) is 5.82 Å². The second-order valence-corrected chi connectivity index (χ2v) is 7.51. The van der Waals surface area contributed by atoms with E-state index < -0.39 is 17.8 Å². The van der Waals surface area contributed by atoms with Crippen molar-refractivity contribution >= 4 is 11.8 Å². The van der Waals surface area contributed by atoms with Crippen LogP contribution >= 0.6 is 0 Å². The number of halogens is 3. The highest BCUT2D eigenvalue weighted by Gasteiger charge is 2.36. The number of nitrogens with one attached hydrogen (secondary N) is 2. The van der Waals surface area contributed by atoms with Gasteiger partial charge in [-0.2, -0.15) is 13.2 Å². The zero-order valence-electron chi connectivity index (χ0n) is 17.3. The Morgan fingerprint density at radius 1 is 1.32 bits per heavy atom. The van der Waals surface area contributed by atoms with Gasteiger partial charge in [0, 0.05) is 45.1 Å². The number of amides is 2. The molecule has 1 saturated heterocycles. The van der Waals surface area contributed by atoms with Crippen LogP contribution < -0.4 is 10.6 Å². The molecule has 2 aromatic rings. The minimum Gasteiger partial charge on any atom is -0.356 e. The maximum absolute atomic E-state index is 13.3. The zero-order valence-corrected chi connectivity index (χ0v) is 17.3. The van der Waals surface area contributed by atoms with Crippen molar-refractivity contribution in [2.24, 2.45) is 0 Å². The topological polar surface area (TPSA) is 79.3 Å². The number of aryl methyl sites for hydroxylation is 2. The third-order valence-corrected chi connectivity index (χ3v) is 5.34. The Labute approximate surface area is 178 Å². The summed E-state index contributed by atoms with van der Waals surface area (Å²) >= 11 is 0. The maximum Gasteiger partial charge on any atom is 0.416 e. The lowest BCUT2D eigenvalue weighted by molar-refractivity contribution is -0.139. The summed E-state index contributed by atoms with van der Waals surface area (Å²) in [7, 11) is 0. The number of aromatic nitrogens is 2. The van der Waals surface area contributed by atoms with E-state index in [-0.39, 0.29) is 30.3 Å². The number of piperazine rings is 1. The summed E-state index contributed by atoms with van der Waals surface area (Å²) in [6.07, 6.45) is -0.316. The molecule has 2 heterocycles. The van der Waals surface area contributed by atoms with Crippen LogP contribution in [-0.4, -0.2) is 51.9 Å². The largest absolute Gasteiger partial charge is 0.416 e. The van der Waals surface area contributed by atoms with Gasteiger partial charge in [-0.3, -0.25) is 14.5 Å². The Bertz CT molecular complexity index is 912. The molecule has 1 fully saturated rings. The lowest BCUT2D eigenvalue weighted by Gasteiger charge is -2.35. The molecule has 7 nitrogen and oxygen atoms in total. The van der Waals surface area contributed by atoms with Crippen molar-refractivity contribution in [1.82, 2.24) is 25.1 Å². The number of alkyl halides is 3. The third-order valence-electron chi connectivity index (χ3n) is 5.34.